The van der Waals surface area contributed by atoms with Crippen LogP contribution in [-0.4, -0.2) is 41.1 Å². The van der Waals surface area contributed by atoms with Gasteiger partial charge < -0.3 is 19.9 Å². The Morgan fingerprint density at radius 3 is 2.63 bits per heavy atom. The molecule has 1 heterocycles. The van der Waals surface area contributed by atoms with Gasteiger partial charge in [-0.05, 0) is 30.7 Å². The molecule has 1 fully saturated rings. The van der Waals surface area contributed by atoms with Crippen molar-refractivity contribution in [3.63, 3.8) is 0 Å². The summed E-state index contributed by atoms with van der Waals surface area (Å²) in [5.74, 6) is -1.26. The Morgan fingerprint density at radius 2 is 1.97 bits per heavy atom. The van der Waals surface area contributed by atoms with Crippen molar-refractivity contribution in [3.8, 4) is 11.5 Å². The van der Waals surface area contributed by atoms with Crippen molar-refractivity contribution in [1.82, 2.24) is 10.2 Å². The minimum absolute atomic E-state index is 0.0131. The van der Waals surface area contributed by atoms with E-state index in [1.807, 2.05) is 0 Å². The molecule has 0 unspecified atom stereocenters. The van der Waals surface area contributed by atoms with E-state index < -0.39 is 24.0 Å². The van der Waals surface area contributed by atoms with E-state index in [1.165, 1.54) is 20.1 Å². The summed E-state index contributed by atoms with van der Waals surface area (Å²) in [6.45, 7) is 1.39. The van der Waals surface area contributed by atoms with E-state index in [1.54, 1.807) is 42.5 Å². The maximum absolute atomic E-state index is 12.8. The van der Waals surface area contributed by atoms with Gasteiger partial charge in [-0.1, -0.05) is 41.9 Å². The molecule has 3 amide bonds. The molecule has 0 spiro atoms. The number of rotatable bonds is 7. The zero-order chi connectivity index (χ0) is 21.8. The number of amides is 3. The zero-order valence-corrected chi connectivity index (χ0v) is 17.0. The maximum Gasteiger partial charge on any atom is 0.344 e. The fourth-order valence-corrected chi connectivity index (χ4v) is 3.02. The van der Waals surface area contributed by atoms with E-state index in [-0.39, 0.29) is 18.0 Å². The molecule has 1 aliphatic heterocycles. The molecule has 8 nitrogen and oxygen atoms in total. The third kappa shape index (κ3) is 4.38. The van der Waals surface area contributed by atoms with Crippen LogP contribution in [0.5, 0.6) is 11.5 Å². The highest BCUT2D eigenvalue weighted by Crippen LogP contribution is 2.34. The van der Waals surface area contributed by atoms with Gasteiger partial charge in [-0.15, -0.1) is 0 Å². The van der Waals surface area contributed by atoms with E-state index in [0.29, 0.717) is 21.9 Å². The van der Waals surface area contributed by atoms with Crippen LogP contribution in [0.1, 0.15) is 18.1 Å². The Hall–Kier alpha value is -3.52. The normalized spacial score (nSPS) is 15.8. The Kier molecular flexibility index (Phi) is 6.27. The lowest BCUT2D eigenvalue weighted by Gasteiger charge is -2.16. The van der Waals surface area contributed by atoms with Crippen molar-refractivity contribution in [1.29, 1.82) is 0 Å². The number of carbonyl (C=O) groups excluding carboxylic acids is 2. The molecule has 2 aromatic carbocycles. The monoisotopic (exact) mass is 430 g/mol. The van der Waals surface area contributed by atoms with Crippen molar-refractivity contribution < 1.29 is 29.0 Å². The Balaban J connectivity index is 1.92. The first-order valence-corrected chi connectivity index (χ1v) is 9.34. The van der Waals surface area contributed by atoms with Gasteiger partial charge in [-0.3, -0.25) is 9.69 Å². The number of benzene rings is 2. The fraction of sp³-hybridized carbons (Fsp3) is 0.190. The second kappa shape index (κ2) is 8.87. The van der Waals surface area contributed by atoms with Gasteiger partial charge in [0.1, 0.15) is 5.70 Å². The van der Waals surface area contributed by atoms with Crippen molar-refractivity contribution >= 4 is 35.6 Å². The van der Waals surface area contributed by atoms with Crippen LogP contribution < -0.4 is 14.8 Å². The lowest BCUT2D eigenvalue weighted by atomic mass is 10.1. The van der Waals surface area contributed by atoms with E-state index in [4.69, 9.17) is 26.2 Å². The summed E-state index contributed by atoms with van der Waals surface area (Å²) < 4.78 is 10.8. The number of carboxylic acids is 1. The quantitative estimate of drug-likeness (QED) is 0.516. The predicted octanol–water partition coefficient (Wildman–Crippen LogP) is 3.29. The maximum atomic E-state index is 12.8. The highest BCUT2D eigenvalue weighted by atomic mass is 35.5. The van der Waals surface area contributed by atoms with E-state index in [2.05, 4.69) is 5.32 Å². The number of carboxylic acid groups (broad SMARTS) is 1. The molecule has 2 aromatic rings. The largest absolute Gasteiger partial charge is 0.493 e. The molecule has 1 saturated heterocycles. The number of para-hydroxylation sites is 1. The molecule has 0 aliphatic carbocycles. The minimum atomic E-state index is -1.16. The molecule has 0 aromatic heterocycles. The fourth-order valence-electron chi connectivity index (χ4n) is 2.83. The number of aliphatic carboxylic acids is 1. The molecule has 156 valence electrons. The number of nitrogens with zero attached hydrogens (tertiary/aromatic N) is 1. The number of carbonyl (C=O) groups is 3. The van der Waals surface area contributed by atoms with Crippen LogP contribution in [0.3, 0.4) is 0 Å². The number of hydrogen-bond donors (Lipinski definition) is 2. The summed E-state index contributed by atoms with van der Waals surface area (Å²) in [6.07, 6.45) is 0.267. The zero-order valence-electron chi connectivity index (χ0n) is 16.2. The summed E-state index contributed by atoms with van der Waals surface area (Å²) in [5.41, 5.74) is 1.03. The van der Waals surface area contributed by atoms with Crippen molar-refractivity contribution in [2.45, 2.75) is 19.6 Å². The van der Waals surface area contributed by atoms with Crippen LogP contribution in [-0.2, 0) is 16.1 Å². The Labute approximate surface area is 177 Å². The van der Waals surface area contributed by atoms with E-state index in [0.717, 1.165) is 4.90 Å². The van der Waals surface area contributed by atoms with Crippen LogP contribution in [0.4, 0.5) is 4.79 Å². The first-order valence-electron chi connectivity index (χ1n) is 8.96. The third-order valence-corrected chi connectivity index (χ3v) is 4.79. The first-order chi connectivity index (χ1) is 14.3. The van der Waals surface area contributed by atoms with E-state index >= 15 is 0 Å². The second-order valence-electron chi connectivity index (χ2n) is 6.45. The molecule has 0 radical (unpaired) electrons. The molecule has 0 saturated carbocycles. The SMILES string of the molecule is COc1cccc(/C=C2\NC(=O)N(Cc3ccccc3Cl)C2=O)c1O[C@@H](C)C(=O)O. The molecule has 9 heteroatoms. The molecule has 1 atom stereocenters. The summed E-state index contributed by atoms with van der Waals surface area (Å²) in [4.78, 5) is 37.4. The average Bonchev–Trinajstić information content (AvgIpc) is 2.98. The van der Waals surface area contributed by atoms with Gasteiger partial charge in [0.2, 0.25) is 0 Å². The topological polar surface area (TPSA) is 105 Å². The van der Waals surface area contributed by atoms with Crippen molar-refractivity contribution in [2.75, 3.05) is 7.11 Å². The van der Waals surface area contributed by atoms with Crippen LogP contribution in [0, 0.1) is 0 Å². The molecule has 30 heavy (non-hydrogen) atoms. The highest BCUT2D eigenvalue weighted by molar-refractivity contribution is 6.31. The van der Waals surface area contributed by atoms with Crippen molar-refractivity contribution in [3.05, 3.63) is 64.3 Å². The Morgan fingerprint density at radius 1 is 1.23 bits per heavy atom. The Bertz CT molecular complexity index is 1040. The highest BCUT2D eigenvalue weighted by Gasteiger charge is 2.34. The lowest BCUT2D eigenvalue weighted by Crippen LogP contribution is -2.30. The van der Waals surface area contributed by atoms with Crippen LogP contribution in [0.2, 0.25) is 5.02 Å². The number of ether oxygens (including phenoxy) is 2. The number of hydrogen-bond acceptors (Lipinski definition) is 5. The minimum Gasteiger partial charge on any atom is -0.493 e. The standard InChI is InChI=1S/C21H19ClN2O6/c1-12(20(26)27)30-18-13(7-5-9-17(18)29-2)10-16-19(25)24(21(28)23-16)11-14-6-3-4-8-15(14)22/h3-10,12H,11H2,1-2H3,(H,23,28)(H,26,27)/b16-10-/t12-/m0/s1. The van der Waals surface area contributed by atoms with Crippen molar-refractivity contribution in [2.24, 2.45) is 0 Å². The molecule has 2 N–H and O–H groups in total. The van der Waals surface area contributed by atoms with E-state index in [9.17, 15) is 14.4 Å². The summed E-state index contributed by atoms with van der Waals surface area (Å²) in [7, 11) is 1.42. The number of imide groups is 1. The number of urea groups is 1. The predicted molar refractivity (Wildman–Crippen MR) is 109 cm³/mol. The second-order valence-corrected chi connectivity index (χ2v) is 6.86. The first kappa shape index (κ1) is 21.2. The van der Waals surface area contributed by atoms with Crippen LogP contribution >= 0.6 is 11.6 Å². The molecule has 1 aliphatic rings. The number of halogens is 1. The van der Waals surface area contributed by atoms with Crippen LogP contribution in [0.15, 0.2) is 48.2 Å². The van der Waals surface area contributed by atoms with Gasteiger partial charge in [0.15, 0.2) is 17.6 Å². The molecule has 3 rings (SSSR count). The summed E-state index contributed by atoms with van der Waals surface area (Å²) in [6, 6.07) is 11.2. The van der Waals surface area contributed by atoms with Crippen LogP contribution in [0.25, 0.3) is 6.08 Å². The number of methoxy groups -OCH3 is 1. The van der Waals surface area contributed by atoms with Gasteiger partial charge in [0.25, 0.3) is 5.91 Å². The molecular weight excluding hydrogens is 412 g/mol. The molecule has 0 bridgehead atoms. The van der Waals surface area contributed by atoms with Gasteiger partial charge >= 0.3 is 12.0 Å². The summed E-state index contributed by atoms with van der Waals surface area (Å²) >= 11 is 6.13. The number of nitrogens with one attached hydrogen (secondary N) is 1. The van der Waals surface area contributed by atoms with Gasteiger partial charge in [0.05, 0.1) is 13.7 Å². The third-order valence-electron chi connectivity index (χ3n) is 4.42. The summed E-state index contributed by atoms with van der Waals surface area (Å²) in [5, 5.41) is 12.1. The van der Waals surface area contributed by atoms with Gasteiger partial charge in [0, 0.05) is 10.6 Å². The van der Waals surface area contributed by atoms with Gasteiger partial charge in [-0.25, -0.2) is 9.59 Å². The smallest absolute Gasteiger partial charge is 0.344 e. The molecular formula is C21H19ClN2O6. The average molecular weight is 431 g/mol. The lowest BCUT2D eigenvalue weighted by molar-refractivity contribution is -0.144. The van der Waals surface area contributed by atoms with Gasteiger partial charge in [-0.2, -0.15) is 0 Å².